The first-order valence-corrected chi connectivity index (χ1v) is 9.43. The summed E-state index contributed by atoms with van der Waals surface area (Å²) in [5, 5.41) is 4.23. The Morgan fingerprint density at radius 3 is 2.81 bits per heavy atom. The molecule has 0 N–H and O–H groups in total. The number of benzene rings is 1. The standard InChI is InChI=1S/C23H29NO3/c1-5-13-26-24-21-12-10-8-6-7-9-11-19(4)27-23(25)22-18(3)14-17(2)15-20(22)16-21/h5,7,9-10,12,14-15,19H,1,6,8,11,13,16H2,2-4H3/b9-7+,12-10+,24-21+. The Morgan fingerprint density at radius 1 is 1.26 bits per heavy atom. The van der Waals surface area contributed by atoms with Gasteiger partial charge in [0.15, 0.2) is 0 Å². The second kappa shape index (κ2) is 10.5. The van der Waals surface area contributed by atoms with E-state index in [1.807, 2.05) is 39.0 Å². The van der Waals surface area contributed by atoms with Crippen molar-refractivity contribution in [1.29, 1.82) is 0 Å². The molecular weight excluding hydrogens is 338 g/mol. The summed E-state index contributed by atoms with van der Waals surface area (Å²) >= 11 is 0. The van der Waals surface area contributed by atoms with Crippen molar-refractivity contribution >= 4 is 11.7 Å². The van der Waals surface area contributed by atoms with Crippen molar-refractivity contribution in [2.75, 3.05) is 6.61 Å². The molecule has 0 saturated heterocycles. The van der Waals surface area contributed by atoms with Crippen LogP contribution in [0.2, 0.25) is 0 Å². The number of rotatable bonds is 3. The number of carbonyl (C=O) groups excluding carboxylic acids is 1. The molecule has 27 heavy (non-hydrogen) atoms. The van der Waals surface area contributed by atoms with Crippen LogP contribution in [0.15, 0.2) is 54.2 Å². The zero-order chi connectivity index (χ0) is 19.6. The van der Waals surface area contributed by atoms with Crippen molar-refractivity contribution in [2.24, 2.45) is 5.16 Å². The Bertz CT molecular complexity index is 759. The molecule has 0 aromatic heterocycles. The van der Waals surface area contributed by atoms with E-state index in [1.165, 1.54) is 0 Å². The minimum Gasteiger partial charge on any atom is -0.459 e. The van der Waals surface area contributed by atoms with Crippen LogP contribution in [-0.4, -0.2) is 24.4 Å². The average Bonchev–Trinajstić information content (AvgIpc) is 2.59. The summed E-state index contributed by atoms with van der Waals surface area (Å²) in [5.74, 6) is -0.282. The highest BCUT2D eigenvalue weighted by molar-refractivity contribution is 5.99. The van der Waals surface area contributed by atoms with Crippen LogP contribution in [0.4, 0.5) is 0 Å². The summed E-state index contributed by atoms with van der Waals surface area (Å²) in [6.07, 6.45) is 12.8. The van der Waals surface area contributed by atoms with Gasteiger partial charge in [0.1, 0.15) is 12.7 Å². The average molecular weight is 367 g/mol. The van der Waals surface area contributed by atoms with Crippen molar-refractivity contribution in [2.45, 2.75) is 52.6 Å². The Kier molecular flexibility index (Phi) is 8.05. The molecule has 2 rings (SSSR count). The van der Waals surface area contributed by atoms with Gasteiger partial charge in [0, 0.05) is 12.8 Å². The summed E-state index contributed by atoms with van der Waals surface area (Å²) in [6, 6.07) is 4.03. The Hall–Kier alpha value is -2.62. The predicted molar refractivity (Wildman–Crippen MR) is 110 cm³/mol. The number of allylic oxidation sites excluding steroid dienone is 3. The highest BCUT2D eigenvalue weighted by atomic mass is 16.6. The number of cyclic esters (lactones) is 1. The predicted octanol–water partition coefficient (Wildman–Crippen LogP) is 5.25. The molecule has 0 radical (unpaired) electrons. The molecular formula is C23H29NO3. The summed E-state index contributed by atoms with van der Waals surface area (Å²) in [7, 11) is 0. The number of hydrogen-bond acceptors (Lipinski definition) is 4. The van der Waals surface area contributed by atoms with Crippen molar-refractivity contribution in [1.82, 2.24) is 0 Å². The minimum atomic E-state index is -0.282. The SMILES string of the molecule is C=CCO/N=C1\C=C\CC/C=C/CC(C)OC(=O)c2c(C)cc(C)cc2C1. The van der Waals surface area contributed by atoms with Crippen molar-refractivity contribution < 1.29 is 14.4 Å². The molecule has 0 saturated carbocycles. The number of esters is 1. The van der Waals surface area contributed by atoms with E-state index in [9.17, 15) is 4.79 Å². The summed E-state index contributed by atoms with van der Waals surface area (Å²) in [4.78, 5) is 18.1. The lowest BCUT2D eigenvalue weighted by molar-refractivity contribution is 0.0346. The summed E-state index contributed by atoms with van der Waals surface area (Å²) < 4.78 is 5.68. The van der Waals surface area contributed by atoms with Gasteiger partial charge in [0.2, 0.25) is 0 Å². The monoisotopic (exact) mass is 367 g/mol. The lowest BCUT2D eigenvalue weighted by Crippen LogP contribution is -2.18. The lowest BCUT2D eigenvalue weighted by atomic mass is 9.95. The number of nitrogens with zero attached hydrogens (tertiary/aromatic N) is 1. The second-order valence-corrected chi connectivity index (χ2v) is 6.86. The van der Waals surface area contributed by atoms with Crippen LogP contribution < -0.4 is 0 Å². The molecule has 4 nitrogen and oxygen atoms in total. The third-order valence-electron chi connectivity index (χ3n) is 4.26. The molecule has 0 spiro atoms. The van der Waals surface area contributed by atoms with Gasteiger partial charge in [-0.3, -0.25) is 0 Å². The molecule has 1 aromatic rings. The highest BCUT2D eigenvalue weighted by Gasteiger charge is 2.19. The Morgan fingerprint density at radius 2 is 2.04 bits per heavy atom. The van der Waals surface area contributed by atoms with Gasteiger partial charge >= 0.3 is 5.97 Å². The van der Waals surface area contributed by atoms with Gasteiger partial charge in [-0.1, -0.05) is 53.7 Å². The van der Waals surface area contributed by atoms with Crippen LogP contribution in [0.3, 0.4) is 0 Å². The first-order valence-electron chi connectivity index (χ1n) is 9.43. The zero-order valence-corrected chi connectivity index (χ0v) is 16.5. The van der Waals surface area contributed by atoms with E-state index in [4.69, 9.17) is 9.57 Å². The van der Waals surface area contributed by atoms with Gasteiger partial charge in [0.25, 0.3) is 0 Å². The fraction of sp³-hybridized carbons (Fsp3) is 0.391. The number of oxime groups is 1. The van der Waals surface area contributed by atoms with Crippen molar-refractivity contribution in [3.63, 3.8) is 0 Å². The number of hydrogen-bond donors (Lipinski definition) is 0. The van der Waals surface area contributed by atoms with Crippen molar-refractivity contribution in [3.05, 3.63) is 71.3 Å². The Labute approximate surface area is 162 Å². The smallest absolute Gasteiger partial charge is 0.338 e. The van der Waals surface area contributed by atoms with Gasteiger partial charge in [-0.2, -0.15) is 0 Å². The van der Waals surface area contributed by atoms with E-state index in [1.54, 1.807) is 6.08 Å². The lowest BCUT2D eigenvalue weighted by Gasteiger charge is -2.17. The van der Waals surface area contributed by atoms with Crippen LogP contribution in [0.5, 0.6) is 0 Å². The summed E-state index contributed by atoms with van der Waals surface area (Å²) in [5.41, 5.74) is 4.32. The van der Waals surface area contributed by atoms with E-state index in [0.29, 0.717) is 18.6 Å². The first kappa shape index (κ1) is 20.7. The number of fused-ring (bicyclic) bond motifs is 1. The maximum atomic E-state index is 12.8. The van der Waals surface area contributed by atoms with E-state index in [0.717, 1.165) is 41.7 Å². The molecule has 1 heterocycles. The zero-order valence-electron chi connectivity index (χ0n) is 16.5. The largest absolute Gasteiger partial charge is 0.459 e. The van der Waals surface area contributed by atoms with Crippen LogP contribution in [-0.2, 0) is 16.0 Å². The highest BCUT2D eigenvalue weighted by Crippen LogP contribution is 2.21. The van der Waals surface area contributed by atoms with Crippen LogP contribution >= 0.6 is 0 Å². The molecule has 1 atom stereocenters. The topological polar surface area (TPSA) is 47.9 Å². The van der Waals surface area contributed by atoms with Crippen LogP contribution in [0.1, 0.15) is 53.2 Å². The third-order valence-corrected chi connectivity index (χ3v) is 4.26. The minimum absolute atomic E-state index is 0.162. The van der Waals surface area contributed by atoms with Gasteiger partial charge in [-0.25, -0.2) is 4.79 Å². The van der Waals surface area contributed by atoms with Gasteiger partial charge < -0.3 is 9.57 Å². The molecule has 1 aromatic carbocycles. The molecule has 0 bridgehead atoms. The second-order valence-electron chi connectivity index (χ2n) is 6.86. The molecule has 1 aliphatic rings. The fourth-order valence-electron chi connectivity index (χ4n) is 3.08. The molecule has 4 heteroatoms. The molecule has 144 valence electrons. The first-order chi connectivity index (χ1) is 13.0. The van der Waals surface area contributed by atoms with Crippen molar-refractivity contribution in [3.8, 4) is 0 Å². The normalized spacial score (nSPS) is 22.3. The molecule has 0 amide bonds. The molecule has 1 aliphatic heterocycles. The van der Waals surface area contributed by atoms with Gasteiger partial charge in [0.05, 0.1) is 11.3 Å². The number of carbonyl (C=O) groups is 1. The molecule has 0 aliphatic carbocycles. The van der Waals surface area contributed by atoms with Gasteiger partial charge in [-0.15, -0.1) is 0 Å². The van der Waals surface area contributed by atoms with E-state index >= 15 is 0 Å². The molecule has 1 unspecified atom stereocenters. The van der Waals surface area contributed by atoms with E-state index < -0.39 is 0 Å². The third kappa shape index (κ3) is 6.55. The van der Waals surface area contributed by atoms with Crippen LogP contribution in [0.25, 0.3) is 0 Å². The number of aryl methyl sites for hydroxylation is 2. The summed E-state index contributed by atoms with van der Waals surface area (Å²) in [6.45, 7) is 9.88. The number of ether oxygens (including phenoxy) is 1. The van der Waals surface area contributed by atoms with Gasteiger partial charge in [-0.05, 0) is 50.8 Å². The maximum Gasteiger partial charge on any atom is 0.338 e. The maximum absolute atomic E-state index is 12.8. The van der Waals surface area contributed by atoms with Crippen LogP contribution in [0, 0.1) is 13.8 Å². The molecule has 0 fully saturated rings. The fourth-order valence-corrected chi connectivity index (χ4v) is 3.08. The quantitative estimate of drug-likeness (QED) is 0.317. The van der Waals surface area contributed by atoms with E-state index in [2.05, 4.69) is 30.0 Å². The Balaban J connectivity index is 2.44. The van der Waals surface area contributed by atoms with E-state index in [-0.39, 0.29) is 12.1 Å².